The lowest BCUT2D eigenvalue weighted by Gasteiger charge is -2.21. The van der Waals surface area contributed by atoms with Gasteiger partial charge in [-0.05, 0) is 43.4 Å². The lowest BCUT2D eigenvalue weighted by atomic mass is 10.0. The summed E-state index contributed by atoms with van der Waals surface area (Å²) >= 11 is 0. The number of aliphatic hydroxyl groups is 1. The number of aliphatic hydroxyl groups excluding tert-OH is 1. The van der Waals surface area contributed by atoms with Crippen molar-refractivity contribution in [3.63, 3.8) is 0 Å². The van der Waals surface area contributed by atoms with Gasteiger partial charge >= 0.3 is 39.5 Å². The smallest absolute Gasteiger partial charge is 0.462 e. The number of rotatable bonds is 94. The van der Waals surface area contributed by atoms with E-state index in [9.17, 15) is 43.2 Å². The SMILES string of the molecule is CCCCCCCCCCCCCCCCCCCCCCCC(=O)O[C@H](COC(=O)CCCCCCCCCCCC(C)C)COP(=O)(O)OC[C@H](O)COP(=O)(O)OC[C@@H](COC(=O)CCCCCCCCCCCCCCCCCCCCC(C)C)OC(=O)CCCCCCCCCCCCCCCCCCCCC(C)C. The third kappa shape index (κ3) is 89.6. The van der Waals surface area contributed by atoms with Gasteiger partial charge in [0, 0.05) is 25.7 Å². The molecule has 3 N–H and O–H groups in total. The molecule has 0 heterocycles. The van der Waals surface area contributed by atoms with E-state index in [1.54, 1.807) is 0 Å². The van der Waals surface area contributed by atoms with Crippen LogP contribution in [0.25, 0.3) is 0 Å². The summed E-state index contributed by atoms with van der Waals surface area (Å²) in [4.78, 5) is 73.6. The number of esters is 4. The minimum absolute atomic E-state index is 0.109. The van der Waals surface area contributed by atoms with Gasteiger partial charge in [-0.2, -0.15) is 0 Å². The molecule has 0 amide bonds. The predicted molar refractivity (Wildman–Crippen MR) is 478 cm³/mol. The van der Waals surface area contributed by atoms with E-state index in [4.69, 9.17) is 37.0 Å². The second-order valence-electron chi connectivity index (χ2n) is 35.9. The number of carbonyl (C=O) groups excluding carboxylic acids is 4. The van der Waals surface area contributed by atoms with Gasteiger partial charge in [-0.25, -0.2) is 9.13 Å². The average Bonchev–Trinajstić information content (AvgIpc) is 0.905. The van der Waals surface area contributed by atoms with Crippen molar-refractivity contribution in [3.8, 4) is 0 Å². The number of unbranched alkanes of at least 4 members (excludes halogenated alkanes) is 62. The lowest BCUT2D eigenvalue weighted by Crippen LogP contribution is -2.30. The maximum Gasteiger partial charge on any atom is 0.472 e. The largest absolute Gasteiger partial charge is 0.472 e. The van der Waals surface area contributed by atoms with Crippen LogP contribution in [0.2, 0.25) is 0 Å². The Bertz CT molecular complexity index is 2200. The first kappa shape index (κ1) is 113. The molecule has 0 radical (unpaired) electrons. The Balaban J connectivity index is 5.24. The molecule has 0 aromatic rings. The number of ether oxygens (including phenoxy) is 4. The topological polar surface area (TPSA) is 237 Å². The summed E-state index contributed by atoms with van der Waals surface area (Å²) in [5, 5.41) is 10.7. The molecule has 0 aliphatic carbocycles. The van der Waals surface area contributed by atoms with Crippen LogP contribution in [-0.2, 0) is 65.4 Å². The molecule has 684 valence electrons. The maximum absolute atomic E-state index is 13.2. The van der Waals surface area contributed by atoms with Gasteiger partial charge in [-0.15, -0.1) is 0 Å². The molecule has 0 saturated heterocycles. The fourth-order valence-electron chi connectivity index (χ4n) is 15.1. The molecule has 19 heteroatoms. The second kappa shape index (κ2) is 85.6. The van der Waals surface area contributed by atoms with Crippen LogP contribution in [0.4, 0.5) is 0 Å². The quantitative estimate of drug-likeness (QED) is 0.0222. The van der Waals surface area contributed by atoms with Crippen LogP contribution >= 0.6 is 15.6 Å². The molecule has 0 saturated carbocycles. The van der Waals surface area contributed by atoms with E-state index < -0.39 is 97.5 Å². The first-order valence-electron chi connectivity index (χ1n) is 49.3. The molecule has 115 heavy (non-hydrogen) atoms. The van der Waals surface area contributed by atoms with Gasteiger partial charge in [0.1, 0.15) is 19.3 Å². The van der Waals surface area contributed by atoms with Crippen LogP contribution < -0.4 is 0 Å². The third-order valence-electron chi connectivity index (χ3n) is 22.6. The van der Waals surface area contributed by atoms with Gasteiger partial charge in [-0.1, -0.05) is 466 Å². The van der Waals surface area contributed by atoms with Crippen molar-refractivity contribution in [2.24, 2.45) is 17.8 Å². The molecule has 17 nitrogen and oxygen atoms in total. The van der Waals surface area contributed by atoms with Crippen LogP contribution in [0.15, 0.2) is 0 Å². The van der Waals surface area contributed by atoms with E-state index in [1.807, 2.05) is 0 Å². The highest BCUT2D eigenvalue weighted by Crippen LogP contribution is 2.45. The molecule has 0 bridgehead atoms. The Morgan fingerprint density at radius 3 is 0.591 bits per heavy atom. The molecule has 5 atom stereocenters. The minimum Gasteiger partial charge on any atom is -0.462 e. The van der Waals surface area contributed by atoms with Crippen LogP contribution in [-0.4, -0.2) is 96.7 Å². The van der Waals surface area contributed by atoms with Gasteiger partial charge in [-0.3, -0.25) is 37.3 Å². The number of carbonyl (C=O) groups is 4. The summed E-state index contributed by atoms with van der Waals surface area (Å²) in [6.07, 6.45) is 80.8. The van der Waals surface area contributed by atoms with E-state index in [1.165, 1.54) is 327 Å². The number of hydrogen-bond donors (Lipinski definition) is 3. The Morgan fingerprint density at radius 2 is 0.400 bits per heavy atom. The zero-order valence-electron chi connectivity index (χ0n) is 76.3. The molecule has 0 aromatic carbocycles. The Labute approximate surface area is 708 Å². The van der Waals surface area contributed by atoms with Gasteiger partial charge in [0.25, 0.3) is 0 Å². The normalized spacial score (nSPS) is 13.7. The van der Waals surface area contributed by atoms with Gasteiger partial charge < -0.3 is 33.8 Å². The molecular formula is C96H188O17P2. The van der Waals surface area contributed by atoms with E-state index in [-0.39, 0.29) is 25.7 Å². The zero-order valence-corrected chi connectivity index (χ0v) is 78.1. The van der Waals surface area contributed by atoms with Crippen LogP contribution in [0.5, 0.6) is 0 Å². The van der Waals surface area contributed by atoms with E-state index in [2.05, 4.69) is 48.5 Å². The molecule has 0 spiro atoms. The summed E-state index contributed by atoms with van der Waals surface area (Å²) < 4.78 is 69.2. The van der Waals surface area contributed by atoms with Crippen molar-refractivity contribution in [2.45, 2.75) is 535 Å². The van der Waals surface area contributed by atoms with Gasteiger partial charge in [0.15, 0.2) is 12.2 Å². The summed E-state index contributed by atoms with van der Waals surface area (Å²) in [6, 6.07) is 0. The highest BCUT2D eigenvalue weighted by atomic mass is 31.2. The Hall–Kier alpha value is -1.94. The van der Waals surface area contributed by atoms with Crippen molar-refractivity contribution >= 4 is 39.5 Å². The molecule has 0 aliphatic heterocycles. The second-order valence-corrected chi connectivity index (χ2v) is 38.8. The average molecular weight is 1680 g/mol. The predicted octanol–water partition coefficient (Wildman–Crippen LogP) is 30.0. The van der Waals surface area contributed by atoms with E-state index in [0.717, 1.165) is 108 Å². The van der Waals surface area contributed by atoms with Crippen molar-refractivity contribution in [3.05, 3.63) is 0 Å². The van der Waals surface area contributed by atoms with E-state index >= 15 is 0 Å². The summed E-state index contributed by atoms with van der Waals surface area (Å²) in [6.45, 7) is 12.1. The van der Waals surface area contributed by atoms with Gasteiger partial charge in [0.2, 0.25) is 0 Å². The fourth-order valence-corrected chi connectivity index (χ4v) is 16.7. The number of hydrogen-bond acceptors (Lipinski definition) is 15. The first-order chi connectivity index (χ1) is 55.7. The summed E-state index contributed by atoms with van der Waals surface area (Å²) in [5.41, 5.74) is 0. The number of phosphoric acid groups is 2. The standard InChI is InChI=1S/C96H188O17P2/c1-8-9-10-11-12-13-14-15-16-17-18-19-20-28-33-38-43-50-58-65-72-80-96(101)113-92(84-107-94(99)78-71-64-57-52-45-48-55-62-69-76-89(6)7)86-111-115(104,105)109-82-90(97)81-108-114(102,103)110-85-91(112-95(100)79-73-66-59-51-44-39-34-29-24-22-26-31-36-41-47-54-61-68-75-88(4)5)83-106-93(98)77-70-63-56-49-42-37-32-27-23-21-25-30-35-40-46-53-60-67-74-87(2)3/h87-92,97H,8-86H2,1-7H3,(H,102,103)(H,104,105)/t90-,91-,92-/m1/s1. The minimum atomic E-state index is -4.97. The van der Waals surface area contributed by atoms with Gasteiger partial charge in [0.05, 0.1) is 26.4 Å². The molecule has 0 aliphatic rings. The fraction of sp³-hybridized carbons (Fsp3) is 0.958. The van der Waals surface area contributed by atoms with Crippen LogP contribution in [0.3, 0.4) is 0 Å². The Morgan fingerprint density at radius 1 is 0.235 bits per heavy atom. The third-order valence-corrected chi connectivity index (χ3v) is 24.5. The first-order valence-corrected chi connectivity index (χ1v) is 52.3. The molecule has 2 unspecified atom stereocenters. The van der Waals surface area contributed by atoms with E-state index in [0.29, 0.717) is 25.7 Å². The Kier molecular flexibility index (Phi) is 84.2. The zero-order chi connectivity index (χ0) is 84.3. The van der Waals surface area contributed by atoms with Crippen LogP contribution in [0, 0.1) is 17.8 Å². The summed E-state index contributed by atoms with van der Waals surface area (Å²) in [5.74, 6) is 0.294. The van der Waals surface area contributed by atoms with Crippen LogP contribution in [0.1, 0.15) is 517 Å². The molecule has 0 fully saturated rings. The van der Waals surface area contributed by atoms with Crippen molar-refractivity contribution in [1.82, 2.24) is 0 Å². The monoisotopic (exact) mass is 1680 g/mol. The maximum atomic E-state index is 13.2. The van der Waals surface area contributed by atoms with Crippen molar-refractivity contribution in [2.75, 3.05) is 39.6 Å². The lowest BCUT2D eigenvalue weighted by molar-refractivity contribution is -0.161. The molecular weight excluding hydrogens is 1490 g/mol. The van der Waals surface area contributed by atoms with Crippen molar-refractivity contribution < 1.29 is 80.2 Å². The highest BCUT2D eigenvalue weighted by molar-refractivity contribution is 7.47. The molecule has 0 aromatic heterocycles. The highest BCUT2D eigenvalue weighted by Gasteiger charge is 2.31. The molecule has 0 rings (SSSR count). The number of phosphoric ester groups is 2. The van der Waals surface area contributed by atoms with Crippen molar-refractivity contribution in [1.29, 1.82) is 0 Å². The summed E-state index contributed by atoms with van der Waals surface area (Å²) in [7, 11) is -9.94.